The zero-order valence-electron chi connectivity index (χ0n) is 15.9. The van der Waals surface area contributed by atoms with Crippen molar-refractivity contribution in [2.45, 2.75) is 18.7 Å². The van der Waals surface area contributed by atoms with E-state index in [1.807, 2.05) is 0 Å². The first-order chi connectivity index (χ1) is 14.1. The fourth-order valence-electron chi connectivity index (χ4n) is 2.81. The number of halogens is 2. The topological polar surface area (TPSA) is 92.7 Å². The third kappa shape index (κ3) is 4.53. The minimum atomic E-state index is -4.06. The van der Waals surface area contributed by atoms with Gasteiger partial charge in [0.25, 0.3) is 10.0 Å². The Labute approximate surface area is 184 Å². The van der Waals surface area contributed by atoms with E-state index in [4.69, 9.17) is 27.9 Å². The Hall–Kier alpha value is -2.74. The van der Waals surface area contributed by atoms with Gasteiger partial charge in [0.15, 0.2) is 0 Å². The summed E-state index contributed by atoms with van der Waals surface area (Å²) in [6.07, 6.45) is 0. The van der Waals surface area contributed by atoms with E-state index in [9.17, 15) is 18.3 Å². The first kappa shape index (κ1) is 22.0. The van der Waals surface area contributed by atoms with Crippen molar-refractivity contribution in [1.29, 1.82) is 0 Å². The number of nitrogens with one attached hydrogen (secondary N) is 1. The van der Waals surface area contributed by atoms with Crippen LogP contribution in [0.25, 0.3) is 0 Å². The molecule has 2 N–H and O–H groups in total. The molecule has 156 valence electrons. The Morgan fingerprint density at radius 2 is 1.63 bits per heavy atom. The summed E-state index contributed by atoms with van der Waals surface area (Å²) in [5, 5.41) is 10.2. The standard InChI is InChI=1S/C21H17Cl2NO5S/c1-12-11-17(23)13(2)19(21(25)26)20(12)24-30(27,28)15-9-7-14(8-10-15)29-18-6-4-3-5-16(18)22/h3-11,24H,1-2H3,(H,25,26). The maximum atomic E-state index is 12.8. The van der Waals surface area contributed by atoms with Crippen molar-refractivity contribution in [2.24, 2.45) is 0 Å². The van der Waals surface area contributed by atoms with Gasteiger partial charge in [-0.15, -0.1) is 0 Å². The first-order valence-electron chi connectivity index (χ1n) is 8.68. The molecule has 0 saturated carbocycles. The van der Waals surface area contributed by atoms with Crippen LogP contribution in [0.5, 0.6) is 11.5 Å². The molecule has 9 heteroatoms. The van der Waals surface area contributed by atoms with Crippen LogP contribution in [-0.2, 0) is 10.0 Å². The van der Waals surface area contributed by atoms with Crippen LogP contribution in [0.4, 0.5) is 5.69 Å². The van der Waals surface area contributed by atoms with Crippen molar-refractivity contribution in [2.75, 3.05) is 4.72 Å². The van der Waals surface area contributed by atoms with E-state index >= 15 is 0 Å². The number of rotatable bonds is 6. The van der Waals surface area contributed by atoms with E-state index in [0.29, 0.717) is 22.1 Å². The minimum Gasteiger partial charge on any atom is -0.478 e. The molecular weight excluding hydrogens is 449 g/mol. The molecule has 6 nitrogen and oxygen atoms in total. The summed E-state index contributed by atoms with van der Waals surface area (Å²) in [5.41, 5.74) is 0.448. The van der Waals surface area contributed by atoms with Crippen LogP contribution in [0.2, 0.25) is 10.0 Å². The maximum Gasteiger partial charge on any atom is 0.338 e. The van der Waals surface area contributed by atoms with E-state index in [1.165, 1.54) is 37.3 Å². The quantitative estimate of drug-likeness (QED) is 0.472. The molecule has 0 aromatic heterocycles. The Balaban J connectivity index is 1.91. The summed E-state index contributed by atoms with van der Waals surface area (Å²) in [7, 11) is -4.06. The van der Waals surface area contributed by atoms with Gasteiger partial charge in [0, 0.05) is 5.02 Å². The predicted molar refractivity (Wildman–Crippen MR) is 117 cm³/mol. The molecule has 0 aliphatic heterocycles. The van der Waals surface area contributed by atoms with Gasteiger partial charge >= 0.3 is 5.97 Å². The van der Waals surface area contributed by atoms with Gasteiger partial charge in [0.2, 0.25) is 0 Å². The Kier molecular flexibility index (Phi) is 6.26. The summed E-state index contributed by atoms with van der Waals surface area (Å²) in [6, 6.07) is 14.1. The molecule has 0 aliphatic rings. The van der Waals surface area contributed by atoms with Gasteiger partial charge in [-0.05, 0) is 67.4 Å². The van der Waals surface area contributed by atoms with Crippen molar-refractivity contribution in [3.63, 3.8) is 0 Å². The van der Waals surface area contributed by atoms with E-state index in [1.54, 1.807) is 31.2 Å². The molecule has 0 radical (unpaired) electrons. The average molecular weight is 466 g/mol. The lowest BCUT2D eigenvalue weighted by molar-refractivity contribution is 0.0697. The normalized spacial score (nSPS) is 11.2. The Morgan fingerprint density at radius 1 is 1.00 bits per heavy atom. The third-order valence-electron chi connectivity index (χ3n) is 4.37. The molecule has 0 amide bonds. The molecule has 0 saturated heterocycles. The van der Waals surface area contributed by atoms with Gasteiger partial charge in [-0.2, -0.15) is 0 Å². The molecule has 0 atom stereocenters. The molecule has 0 heterocycles. The molecule has 0 unspecified atom stereocenters. The molecule has 0 fully saturated rings. The summed E-state index contributed by atoms with van der Waals surface area (Å²) < 4.78 is 33.7. The summed E-state index contributed by atoms with van der Waals surface area (Å²) in [5.74, 6) is -0.447. The van der Waals surface area contributed by atoms with Gasteiger partial charge in [0.1, 0.15) is 11.5 Å². The molecule has 30 heavy (non-hydrogen) atoms. The van der Waals surface area contributed by atoms with Crippen LogP contribution < -0.4 is 9.46 Å². The van der Waals surface area contributed by atoms with E-state index in [2.05, 4.69) is 4.72 Å². The molecule has 0 spiro atoms. The van der Waals surface area contributed by atoms with Crippen LogP contribution in [0.15, 0.2) is 59.5 Å². The minimum absolute atomic E-state index is 0.0270. The second-order valence-corrected chi connectivity index (χ2v) is 8.96. The number of aryl methyl sites for hydroxylation is 1. The maximum absolute atomic E-state index is 12.8. The number of anilines is 1. The fraction of sp³-hybridized carbons (Fsp3) is 0.0952. The Morgan fingerprint density at radius 3 is 2.23 bits per heavy atom. The van der Waals surface area contributed by atoms with Crippen LogP contribution >= 0.6 is 23.2 Å². The van der Waals surface area contributed by atoms with E-state index in [-0.39, 0.29) is 26.7 Å². The highest BCUT2D eigenvalue weighted by atomic mass is 35.5. The van der Waals surface area contributed by atoms with Crippen molar-refractivity contribution >= 4 is 44.9 Å². The smallest absolute Gasteiger partial charge is 0.338 e. The number of carbonyl (C=O) groups is 1. The third-order valence-corrected chi connectivity index (χ3v) is 6.44. The number of hydrogen-bond acceptors (Lipinski definition) is 4. The highest BCUT2D eigenvalue weighted by Crippen LogP contribution is 2.33. The Bertz CT molecular complexity index is 1220. The number of hydrogen-bond donors (Lipinski definition) is 2. The second-order valence-electron chi connectivity index (χ2n) is 6.46. The van der Waals surface area contributed by atoms with Crippen LogP contribution in [0, 0.1) is 13.8 Å². The molecule has 0 bridgehead atoms. The van der Waals surface area contributed by atoms with Gasteiger partial charge in [-0.1, -0.05) is 35.3 Å². The average Bonchev–Trinajstić information content (AvgIpc) is 2.68. The second kappa shape index (κ2) is 8.55. The SMILES string of the molecule is Cc1cc(Cl)c(C)c(C(=O)O)c1NS(=O)(=O)c1ccc(Oc2ccccc2Cl)cc1. The van der Waals surface area contributed by atoms with Crippen LogP contribution in [0.1, 0.15) is 21.5 Å². The van der Waals surface area contributed by atoms with Crippen molar-refractivity contribution in [1.82, 2.24) is 0 Å². The predicted octanol–water partition coefficient (Wildman–Crippen LogP) is 5.90. The first-order valence-corrected chi connectivity index (χ1v) is 10.9. The molecular formula is C21H17Cl2NO5S. The highest BCUT2D eigenvalue weighted by molar-refractivity contribution is 7.92. The molecule has 3 rings (SSSR count). The summed E-state index contributed by atoms with van der Waals surface area (Å²) >= 11 is 12.1. The molecule has 0 aliphatic carbocycles. The number of carboxylic acid groups (broad SMARTS) is 1. The largest absolute Gasteiger partial charge is 0.478 e. The summed E-state index contributed by atoms with van der Waals surface area (Å²) in [6.45, 7) is 3.10. The number of sulfonamides is 1. The lowest BCUT2D eigenvalue weighted by Gasteiger charge is -2.16. The summed E-state index contributed by atoms with van der Waals surface area (Å²) in [4.78, 5) is 11.6. The number of para-hydroxylation sites is 1. The molecule has 3 aromatic carbocycles. The van der Waals surface area contributed by atoms with Crippen LogP contribution in [0.3, 0.4) is 0 Å². The zero-order chi connectivity index (χ0) is 22.1. The lowest BCUT2D eigenvalue weighted by atomic mass is 10.0. The number of ether oxygens (including phenoxy) is 1. The number of aromatic carboxylic acids is 1. The van der Waals surface area contributed by atoms with Crippen LogP contribution in [-0.4, -0.2) is 19.5 Å². The van der Waals surface area contributed by atoms with Gasteiger partial charge < -0.3 is 9.84 Å². The zero-order valence-corrected chi connectivity index (χ0v) is 18.3. The van der Waals surface area contributed by atoms with Gasteiger partial charge in [-0.25, -0.2) is 13.2 Å². The number of benzene rings is 3. The lowest BCUT2D eigenvalue weighted by Crippen LogP contribution is -2.17. The van der Waals surface area contributed by atoms with Crippen molar-refractivity contribution in [3.05, 3.63) is 81.3 Å². The van der Waals surface area contributed by atoms with E-state index in [0.717, 1.165) is 0 Å². The van der Waals surface area contributed by atoms with Gasteiger partial charge in [-0.3, -0.25) is 4.72 Å². The van der Waals surface area contributed by atoms with Crippen molar-refractivity contribution < 1.29 is 23.1 Å². The number of carboxylic acids is 1. The van der Waals surface area contributed by atoms with Gasteiger partial charge in [0.05, 0.1) is 21.2 Å². The molecule has 3 aromatic rings. The fourth-order valence-corrected chi connectivity index (χ4v) is 4.38. The monoisotopic (exact) mass is 465 g/mol. The van der Waals surface area contributed by atoms with E-state index < -0.39 is 16.0 Å². The highest BCUT2D eigenvalue weighted by Gasteiger charge is 2.23. The van der Waals surface area contributed by atoms with Crippen molar-refractivity contribution in [3.8, 4) is 11.5 Å².